The number of nitrogens with zero attached hydrogens (tertiary/aromatic N) is 5. The summed E-state index contributed by atoms with van der Waals surface area (Å²) >= 11 is 0. The number of carbonyl (C=O) groups excluding carboxylic acids is 1. The van der Waals surface area contributed by atoms with E-state index in [1.807, 2.05) is 18.3 Å². The molecular formula is C23H27N7O2. The number of morpholine rings is 1. The number of ether oxygens (including phenoxy) is 1. The summed E-state index contributed by atoms with van der Waals surface area (Å²) in [6.07, 6.45) is 6.84. The first kappa shape index (κ1) is 19.5. The summed E-state index contributed by atoms with van der Waals surface area (Å²) in [5.41, 5.74) is 3.74. The van der Waals surface area contributed by atoms with Gasteiger partial charge in [0.25, 0.3) is 0 Å². The lowest BCUT2D eigenvalue weighted by Gasteiger charge is -2.34. The predicted octanol–water partition coefficient (Wildman–Crippen LogP) is 2.73. The highest BCUT2D eigenvalue weighted by atomic mass is 16.5. The molecule has 32 heavy (non-hydrogen) atoms. The Balaban J connectivity index is 1.46. The summed E-state index contributed by atoms with van der Waals surface area (Å²) in [4.78, 5) is 34.6. The van der Waals surface area contributed by atoms with Gasteiger partial charge in [0.05, 0.1) is 24.9 Å². The molecule has 1 saturated carbocycles. The Labute approximate surface area is 186 Å². The van der Waals surface area contributed by atoms with Gasteiger partial charge in [0.15, 0.2) is 0 Å². The van der Waals surface area contributed by atoms with Gasteiger partial charge in [-0.1, -0.05) is 0 Å². The summed E-state index contributed by atoms with van der Waals surface area (Å²) in [5.74, 6) is 2.00. The molecule has 1 aliphatic carbocycles. The molecule has 3 aliphatic rings. The lowest BCUT2D eigenvalue weighted by atomic mass is 10.0. The molecule has 2 aliphatic heterocycles. The van der Waals surface area contributed by atoms with Crippen molar-refractivity contribution in [3.63, 3.8) is 0 Å². The first-order chi connectivity index (χ1) is 15.7. The van der Waals surface area contributed by atoms with Gasteiger partial charge in [-0.25, -0.2) is 14.8 Å². The zero-order chi connectivity index (χ0) is 21.7. The third-order valence-electron chi connectivity index (χ3n) is 6.64. The van der Waals surface area contributed by atoms with E-state index < -0.39 is 0 Å². The van der Waals surface area contributed by atoms with Gasteiger partial charge in [0, 0.05) is 48.5 Å². The van der Waals surface area contributed by atoms with Crippen LogP contribution in [-0.2, 0) is 11.2 Å². The Morgan fingerprint density at radius 3 is 3.03 bits per heavy atom. The maximum absolute atomic E-state index is 13.0. The number of hydrogen-bond donors (Lipinski definition) is 2. The van der Waals surface area contributed by atoms with Gasteiger partial charge in [0.2, 0.25) is 5.95 Å². The fourth-order valence-corrected chi connectivity index (χ4v) is 4.63. The number of urea groups is 1. The molecule has 1 saturated heterocycles. The van der Waals surface area contributed by atoms with E-state index >= 15 is 0 Å². The highest BCUT2D eigenvalue weighted by Crippen LogP contribution is 2.38. The van der Waals surface area contributed by atoms with E-state index in [4.69, 9.17) is 14.7 Å². The number of amides is 2. The second kappa shape index (κ2) is 7.74. The molecule has 0 aromatic carbocycles. The van der Waals surface area contributed by atoms with Crippen molar-refractivity contribution >= 4 is 28.8 Å². The van der Waals surface area contributed by atoms with Crippen LogP contribution in [0.5, 0.6) is 0 Å². The van der Waals surface area contributed by atoms with E-state index in [-0.39, 0.29) is 12.1 Å². The zero-order valence-electron chi connectivity index (χ0n) is 18.2. The van der Waals surface area contributed by atoms with Gasteiger partial charge >= 0.3 is 6.03 Å². The normalized spacial score (nSPS) is 20.6. The molecule has 6 rings (SSSR count). The highest BCUT2D eigenvalue weighted by molar-refractivity contribution is 5.98. The van der Waals surface area contributed by atoms with Crippen molar-refractivity contribution in [1.29, 1.82) is 0 Å². The van der Waals surface area contributed by atoms with Crippen LogP contribution in [0.1, 0.15) is 25.3 Å². The van der Waals surface area contributed by atoms with Crippen LogP contribution >= 0.6 is 0 Å². The van der Waals surface area contributed by atoms with Crippen LogP contribution in [0.25, 0.3) is 22.3 Å². The largest absolute Gasteiger partial charge is 0.377 e. The molecule has 0 unspecified atom stereocenters. The molecule has 9 nitrogen and oxygen atoms in total. The lowest BCUT2D eigenvalue weighted by molar-refractivity contribution is 0.0981. The lowest BCUT2D eigenvalue weighted by Crippen LogP contribution is -2.45. The van der Waals surface area contributed by atoms with E-state index in [2.05, 4.69) is 27.1 Å². The Kier molecular flexibility index (Phi) is 4.71. The Hall–Kier alpha value is -3.20. The minimum Gasteiger partial charge on any atom is -0.377 e. The number of rotatable bonds is 4. The Bertz CT molecular complexity index is 1170. The number of fused-ring (bicyclic) bond motifs is 2. The fraction of sp³-hybridized carbons (Fsp3) is 0.478. The summed E-state index contributed by atoms with van der Waals surface area (Å²) < 4.78 is 5.62. The zero-order valence-corrected chi connectivity index (χ0v) is 18.2. The molecule has 0 bridgehead atoms. The van der Waals surface area contributed by atoms with Gasteiger partial charge < -0.3 is 19.9 Å². The van der Waals surface area contributed by atoms with Crippen molar-refractivity contribution in [2.75, 3.05) is 42.6 Å². The second-order valence-corrected chi connectivity index (χ2v) is 8.92. The summed E-state index contributed by atoms with van der Waals surface area (Å²) in [7, 11) is 0. The smallest absolute Gasteiger partial charge is 0.323 e. The minimum absolute atomic E-state index is 0.0669. The molecule has 3 aromatic rings. The molecule has 1 atom stereocenters. The van der Waals surface area contributed by atoms with Crippen LogP contribution in [0.4, 0.5) is 16.6 Å². The van der Waals surface area contributed by atoms with Crippen molar-refractivity contribution in [3.05, 3.63) is 30.1 Å². The summed E-state index contributed by atoms with van der Waals surface area (Å²) in [6, 6.07) is 4.13. The third-order valence-corrected chi connectivity index (χ3v) is 6.64. The van der Waals surface area contributed by atoms with Gasteiger partial charge in [-0.2, -0.15) is 4.98 Å². The van der Waals surface area contributed by atoms with Crippen LogP contribution < -0.4 is 15.1 Å². The minimum atomic E-state index is -0.0669. The van der Waals surface area contributed by atoms with Gasteiger partial charge in [-0.05, 0) is 44.2 Å². The van der Waals surface area contributed by atoms with Gasteiger partial charge in [0.1, 0.15) is 11.5 Å². The van der Waals surface area contributed by atoms with E-state index in [1.54, 1.807) is 11.1 Å². The van der Waals surface area contributed by atoms with Crippen molar-refractivity contribution in [2.45, 2.75) is 32.2 Å². The number of hydrogen-bond acceptors (Lipinski definition) is 6. The third kappa shape index (κ3) is 3.37. The van der Waals surface area contributed by atoms with Crippen molar-refractivity contribution < 1.29 is 9.53 Å². The molecular weight excluding hydrogens is 406 g/mol. The van der Waals surface area contributed by atoms with E-state index in [0.29, 0.717) is 31.6 Å². The second-order valence-electron chi connectivity index (χ2n) is 8.92. The Morgan fingerprint density at radius 2 is 2.19 bits per heavy atom. The first-order valence-corrected chi connectivity index (χ1v) is 11.4. The number of anilines is 2. The maximum atomic E-state index is 13.0. The van der Waals surface area contributed by atoms with E-state index in [0.717, 1.165) is 53.2 Å². The SMILES string of the molecule is C[C@@H]1COCCN1c1nc(-c2ccnc3[nH]ccc23)c2c(n1)N(C(=O)NCC1CC1)CC2. The van der Waals surface area contributed by atoms with Crippen LogP contribution in [-0.4, -0.2) is 64.9 Å². The number of aromatic amines is 1. The molecule has 166 valence electrons. The monoisotopic (exact) mass is 433 g/mol. The van der Waals surface area contributed by atoms with Crippen molar-refractivity contribution in [1.82, 2.24) is 25.3 Å². The Morgan fingerprint density at radius 1 is 1.28 bits per heavy atom. The molecule has 2 fully saturated rings. The van der Waals surface area contributed by atoms with Crippen molar-refractivity contribution in [3.8, 4) is 11.3 Å². The molecule has 2 N–H and O–H groups in total. The standard InChI is InChI=1S/C23H27N7O2/c1-14-13-32-11-10-29(14)22-27-19(16-4-7-24-20-17(16)5-8-25-20)18-6-9-30(21(18)28-22)23(31)26-12-15-2-3-15/h4-5,7-8,14-15H,2-3,6,9-13H2,1H3,(H,24,25)(H,26,31)/t14-/m1/s1. The first-order valence-electron chi connectivity index (χ1n) is 11.4. The number of carbonyl (C=O) groups is 1. The molecule has 3 aromatic heterocycles. The average molecular weight is 434 g/mol. The van der Waals surface area contributed by atoms with Crippen molar-refractivity contribution in [2.24, 2.45) is 5.92 Å². The maximum Gasteiger partial charge on any atom is 0.323 e. The molecule has 0 radical (unpaired) electrons. The highest BCUT2D eigenvalue weighted by Gasteiger charge is 2.33. The van der Waals surface area contributed by atoms with Crippen LogP contribution in [0.15, 0.2) is 24.5 Å². The van der Waals surface area contributed by atoms with E-state index in [9.17, 15) is 4.79 Å². The molecule has 2 amide bonds. The summed E-state index contributed by atoms with van der Waals surface area (Å²) in [5, 5.41) is 4.12. The molecule has 5 heterocycles. The quantitative estimate of drug-likeness (QED) is 0.656. The van der Waals surface area contributed by atoms with Gasteiger partial charge in [-0.3, -0.25) is 4.90 Å². The number of aromatic nitrogens is 4. The predicted molar refractivity (Wildman–Crippen MR) is 122 cm³/mol. The molecule has 9 heteroatoms. The van der Waals surface area contributed by atoms with Crippen LogP contribution in [0, 0.1) is 5.92 Å². The molecule has 0 spiro atoms. The van der Waals surface area contributed by atoms with Crippen LogP contribution in [0.2, 0.25) is 0 Å². The van der Waals surface area contributed by atoms with E-state index in [1.165, 1.54) is 12.8 Å². The number of H-pyrrole nitrogens is 1. The van der Waals surface area contributed by atoms with Crippen LogP contribution in [0.3, 0.4) is 0 Å². The fourth-order valence-electron chi connectivity index (χ4n) is 4.63. The van der Waals surface area contributed by atoms with Gasteiger partial charge in [-0.15, -0.1) is 0 Å². The summed E-state index contributed by atoms with van der Waals surface area (Å²) in [6.45, 7) is 5.47. The number of nitrogens with one attached hydrogen (secondary N) is 2. The topological polar surface area (TPSA) is 99.3 Å². The average Bonchev–Trinajstić information content (AvgIpc) is 3.34. The number of pyridine rings is 1.